The summed E-state index contributed by atoms with van der Waals surface area (Å²) in [6.45, 7) is 0. The molecule has 1 atom stereocenters. The number of aliphatic hydroxyl groups excluding tert-OH is 1. The van der Waals surface area contributed by atoms with Gasteiger partial charge in [0.15, 0.2) is 5.76 Å². The summed E-state index contributed by atoms with van der Waals surface area (Å²) in [6, 6.07) is 3.65. The van der Waals surface area contributed by atoms with Gasteiger partial charge in [-0.15, -0.1) is 0 Å². The Morgan fingerprint density at radius 1 is 1.46 bits per heavy atom. The van der Waals surface area contributed by atoms with E-state index in [1.54, 1.807) is 23.7 Å². The number of aliphatic hydroxyl groups is 1. The third kappa shape index (κ3) is 1.70. The van der Waals surface area contributed by atoms with Crippen LogP contribution in [0.15, 0.2) is 38.0 Å². The summed E-state index contributed by atoms with van der Waals surface area (Å²) in [7, 11) is 0. The largest absolute Gasteiger partial charge is 0.465 e. The molecule has 2 aromatic heterocycles. The van der Waals surface area contributed by atoms with E-state index in [0.29, 0.717) is 5.76 Å². The van der Waals surface area contributed by atoms with Crippen LogP contribution in [-0.4, -0.2) is 5.11 Å². The Morgan fingerprint density at radius 2 is 2.31 bits per heavy atom. The molecular weight excluding hydrogens is 252 g/mol. The van der Waals surface area contributed by atoms with Crippen LogP contribution in [0, 0.1) is 0 Å². The Balaban J connectivity index is 2.33. The zero-order chi connectivity index (χ0) is 9.26. The molecule has 2 aromatic rings. The maximum Gasteiger partial charge on any atom is 0.150 e. The first kappa shape index (κ1) is 8.99. The van der Waals surface area contributed by atoms with Crippen molar-refractivity contribution < 1.29 is 9.52 Å². The number of halogens is 1. The molecule has 1 N–H and O–H groups in total. The molecule has 0 radical (unpaired) electrons. The van der Waals surface area contributed by atoms with Gasteiger partial charge >= 0.3 is 0 Å². The third-order valence-electron chi connectivity index (χ3n) is 1.75. The van der Waals surface area contributed by atoms with Gasteiger partial charge in [-0.05, 0) is 44.4 Å². The number of thiophene rings is 1. The van der Waals surface area contributed by atoms with E-state index in [0.717, 1.165) is 10.0 Å². The monoisotopic (exact) mass is 258 g/mol. The highest BCUT2D eigenvalue weighted by Gasteiger charge is 2.16. The van der Waals surface area contributed by atoms with Crippen molar-refractivity contribution in [1.29, 1.82) is 0 Å². The number of rotatable bonds is 2. The average molecular weight is 259 g/mol. The topological polar surface area (TPSA) is 33.4 Å². The third-order valence-corrected chi connectivity index (χ3v) is 3.11. The van der Waals surface area contributed by atoms with Crippen LogP contribution in [0.1, 0.15) is 17.4 Å². The van der Waals surface area contributed by atoms with Crippen molar-refractivity contribution in [2.24, 2.45) is 0 Å². The molecule has 0 aliphatic rings. The zero-order valence-electron chi connectivity index (χ0n) is 6.61. The van der Waals surface area contributed by atoms with Crippen molar-refractivity contribution in [3.8, 4) is 0 Å². The predicted octanol–water partition coefficient (Wildman–Crippen LogP) is 3.19. The highest BCUT2D eigenvalue weighted by molar-refractivity contribution is 9.10. The van der Waals surface area contributed by atoms with Crippen LogP contribution in [0.3, 0.4) is 0 Å². The fourth-order valence-corrected chi connectivity index (χ4v) is 2.18. The first-order chi connectivity index (χ1) is 6.29. The van der Waals surface area contributed by atoms with Gasteiger partial charge in [0.1, 0.15) is 6.10 Å². The van der Waals surface area contributed by atoms with Gasteiger partial charge in [0.25, 0.3) is 0 Å². The fraction of sp³-hybridized carbons (Fsp3) is 0.111. The smallest absolute Gasteiger partial charge is 0.150 e. The second kappa shape index (κ2) is 3.65. The van der Waals surface area contributed by atoms with Gasteiger partial charge in [0.2, 0.25) is 0 Å². The van der Waals surface area contributed by atoms with E-state index < -0.39 is 6.10 Å². The Kier molecular flexibility index (Phi) is 2.53. The van der Waals surface area contributed by atoms with E-state index >= 15 is 0 Å². The molecule has 4 heteroatoms. The molecule has 0 saturated carbocycles. The first-order valence-electron chi connectivity index (χ1n) is 3.72. The molecule has 0 fully saturated rings. The van der Waals surface area contributed by atoms with E-state index in [9.17, 15) is 5.11 Å². The molecule has 0 bridgehead atoms. The minimum atomic E-state index is -0.671. The van der Waals surface area contributed by atoms with Crippen LogP contribution in [0.5, 0.6) is 0 Å². The summed E-state index contributed by atoms with van der Waals surface area (Å²) in [6.07, 6.45) is 0.880. The summed E-state index contributed by atoms with van der Waals surface area (Å²) < 4.78 is 5.96. The summed E-state index contributed by atoms with van der Waals surface area (Å²) in [4.78, 5) is 0. The van der Waals surface area contributed by atoms with Gasteiger partial charge in [-0.2, -0.15) is 11.3 Å². The number of furan rings is 1. The zero-order valence-corrected chi connectivity index (χ0v) is 9.01. The Bertz CT molecular complexity index is 380. The van der Waals surface area contributed by atoms with E-state index in [4.69, 9.17) is 4.42 Å². The van der Waals surface area contributed by atoms with Crippen LogP contribution in [-0.2, 0) is 0 Å². The number of hydrogen-bond donors (Lipinski definition) is 1. The van der Waals surface area contributed by atoms with Crippen LogP contribution in [0.25, 0.3) is 0 Å². The highest BCUT2D eigenvalue weighted by Crippen LogP contribution is 2.30. The molecule has 0 spiro atoms. The summed E-state index contributed by atoms with van der Waals surface area (Å²) in [5.41, 5.74) is 0.862. The standard InChI is InChI=1S/C9H7BrO2S/c10-7-1-3-12-9(7)8(11)6-2-4-13-5-6/h1-5,8,11H. The molecule has 0 aromatic carbocycles. The second-order valence-electron chi connectivity index (χ2n) is 2.59. The second-order valence-corrected chi connectivity index (χ2v) is 4.23. The van der Waals surface area contributed by atoms with Crippen molar-refractivity contribution in [3.63, 3.8) is 0 Å². The van der Waals surface area contributed by atoms with Crippen LogP contribution >= 0.6 is 27.3 Å². The molecule has 0 saturated heterocycles. The van der Waals surface area contributed by atoms with E-state index in [1.807, 2.05) is 16.8 Å². The minimum Gasteiger partial charge on any atom is -0.465 e. The molecule has 0 amide bonds. The Labute approximate surface area is 87.9 Å². The summed E-state index contributed by atoms with van der Waals surface area (Å²) in [5.74, 6) is 0.554. The molecule has 2 nitrogen and oxygen atoms in total. The van der Waals surface area contributed by atoms with E-state index in [2.05, 4.69) is 15.9 Å². The van der Waals surface area contributed by atoms with Crippen molar-refractivity contribution in [2.75, 3.05) is 0 Å². The van der Waals surface area contributed by atoms with E-state index in [1.165, 1.54) is 0 Å². The van der Waals surface area contributed by atoms with Crippen molar-refractivity contribution in [1.82, 2.24) is 0 Å². The quantitative estimate of drug-likeness (QED) is 0.898. The lowest BCUT2D eigenvalue weighted by molar-refractivity contribution is 0.189. The maximum absolute atomic E-state index is 9.83. The molecule has 68 valence electrons. The Morgan fingerprint density at radius 3 is 2.85 bits per heavy atom. The lowest BCUT2D eigenvalue weighted by Gasteiger charge is -2.05. The molecule has 0 aliphatic carbocycles. The molecule has 1 unspecified atom stereocenters. The highest BCUT2D eigenvalue weighted by atomic mass is 79.9. The molecule has 2 heterocycles. The molecular formula is C9H7BrO2S. The van der Waals surface area contributed by atoms with Crippen molar-refractivity contribution >= 4 is 27.3 Å². The van der Waals surface area contributed by atoms with Gasteiger partial charge in [-0.25, -0.2) is 0 Å². The Hall–Kier alpha value is -0.580. The van der Waals surface area contributed by atoms with Gasteiger partial charge in [-0.3, -0.25) is 0 Å². The molecule has 2 rings (SSSR count). The molecule has 0 aliphatic heterocycles. The average Bonchev–Trinajstić information content (AvgIpc) is 2.72. The van der Waals surface area contributed by atoms with Crippen LogP contribution < -0.4 is 0 Å². The lowest BCUT2D eigenvalue weighted by atomic mass is 10.1. The van der Waals surface area contributed by atoms with Gasteiger partial charge in [0.05, 0.1) is 10.7 Å². The summed E-state index contributed by atoms with van der Waals surface area (Å²) in [5, 5.41) is 13.7. The fourth-order valence-electron chi connectivity index (χ4n) is 1.08. The van der Waals surface area contributed by atoms with Crippen molar-refractivity contribution in [3.05, 3.63) is 45.0 Å². The van der Waals surface area contributed by atoms with Crippen LogP contribution in [0.2, 0.25) is 0 Å². The summed E-state index contributed by atoms with van der Waals surface area (Å²) >= 11 is 4.86. The number of hydrogen-bond acceptors (Lipinski definition) is 3. The minimum absolute atomic E-state index is 0.554. The first-order valence-corrected chi connectivity index (χ1v) is 5.45. The van der Waals surface area contributed by atoms with Crippen LogP contribution in [0.4, 0.5) is 0 Å². The SMILES string of the molecule is OC(c1ccsc1)c1occc1Br. The van der Waals surface area contributed by atoms with E-state index in [-0.39, 0.29) is 0 Å². The van der Waals surface area contributed by atoms with Crippen molar-refractivity contribution in [2.45, 2.75) is 6.10 Å². The molecule has 13 heavy (non-hydrogen) atoms. The normalized spacial score (nSPS) is 13.1. The van der Waals surface area contributed by atoms with Gasteiger partial charge in [-0.1, -0.05) is 0 Å². The maximum atomic E-state index is 9.83. The lowest BCUT2D eigenvalue weighted by Crippen LogP contribution is -1.96. The predicted molar refractivity (Wildman–Crippen MR) is 54.8 cm³/mol. The van der Waals surface area contributed by atoms with Gasteiger partial charge < -0.3 is 9.52 Å². The van der Waals surface area contributed by atoms with Gasteiger partial charge in [0, 0.05) is 0 Å².